The van der Waals surface area contributed by atoms with Crippen LogP contribution in [0.25, 0.3) is 0 Å². The van der Waals surface area contributed by atoms with Gasteiger partial charge in [-0.1, -0.05) is 48.5 Å². The standard InChI is InChI=1S/C22H22N4O/c1-15-12-18-10-6-7-11-20(18)26(15)22-23-13-19(14-24-22)21(27)25-16(2)17-8-4-3-5-9-17/h3-11,13-16H,12H2,1-2H3,(H,25,27). The summed E-state index contributed by atoms with van der Waals surface area (Å²) in [6, 6.07) is 18.4. The normalized spacial score (nSPS) is 16.7. The largest absolute Gasteiger partial charge is 0.345 e. The van der Waals surface area contributed by atoms with Crippen molar-refractivity contribution in [2.24, 2.45) is 0 Å². The summed E-state index contributed by atoms with van der Waals surface area (Å²) in [7, 11) is 0. The van der Waals surface area contributed by atoms with Gasteiger partial charge in [0.1, 0.15) is 0 Å². The highest BCUT2D eigenvalue weighted by atomic mass is 16.1. The van der Waals surface area contributed by atoms with Gasteiger partial charge in [-0.3, -0.25) is 4.79 Å². The van der Waals surface area contributed by atoms with Gasteiger partial charge in [0, 0.05) is 24.1 Å². The second-order valence-corrected chi connectivity index (χ2v) is 6.93. The van der Waals surface area contributed by atoms with Gasteiger partial charge in [-0.2, -0.15) is 0 Å². The summed E-state index contributed by atoms with van der Waals surface area (Å²) in [6.45, 7) is 4.12. The van der Waals surface area contributed by atoms with Crippen molar-refractivity contribution in [1.29, 1.82) is 0 Å². The van der Waals surface area contributed by atoms with E-state index in [0.717, 1.165) is 17.7 Å². The molecular weight excluding hydrogens is 336 g/mol. The van der Waals surface area contributed by atoms with Crippen LogP contribution < -0.4 is 10.2 Å². The number of hydrogen-bond acceptors (Lipinski definition) is 4. The number of benzene rings is 2. The molecule has 136 valence electrons. The lowest BCUT2D eigenvalue weighted by atomic mass is 10.1. The van der Waals surface area contributed by atoms with Gasteiger partial charge >= 0.3 is 0 Å². The molecule has 0 aliphatic carbocycles. The van der Waals surface area contributed by atoms with Crippen LogP contribution in [-0.2, 0) is 6.42 Å². The highest BCUT2D eigenvalue weighted by molar-refractivity contribution is 5.94. The summed E-state index contributed by atoms with van der Waals surface area (Å²) < 4.78 is 0. The Labute approximate surface area is 159 Å². The van der Waals surface area contributed by atoms with Crippen LogP contribution in [0.3, 0.4) is 0 Å². The van der Waals surface area contributed by atoms with E-state index < -0.39 is 0 Å². The molecule has 1 aliphatic heterocycles. The fourth-order valence-corrected chi connectivity index (χ4v) is 3.54. The second kappa shape index (κ2) is 7.19. The average Bonchev–Trinajstić information content (AvgIpc) is 3.04. The molecule has 0 bridgehead atoms. The van der Waals surface area contributed by atoms with Crippen molar-refractivity contribution < 1.29 is 4.79 Å². The van der Waals surface area contributed by atoms with Crippen molar-refractivity contribution in [2.45, 2.75) is 32.4 Å². The van der Waals surface area contributed by atoms with E-state index >= 15 is 0 Å². The number of carbonyl (C=O) groups excluding carboxylic acids is 1. The molecule has 2 aromatic carbocycles. The molecule has 1 amide bonds. The van der Waals surface area contributed by atoms with Crippen LogP contribution >= 0.6 is 0 Å². The van der Waals surface area contributed by atoms with Crippen molar-refractivity contribution in [3.05, 3.63) is 83.7 Å². The topological polar surface area (TPSA) is 58.1 Å². The predicted octanol–water partition coefficient (Wildman–Crippen LogP) is 4.05. The zero-order valence-corrected chi connectivity index (χ0v) is 15.5. The van der Waals surface area contributed by atoms with E-state index in [0.29, 0.717) is 17.6 Å². The van der Waals surface area contributed by atoms with Gasteiger partial charge in [0.25, 0.3) is 5.91 Å². The first kappa shape index (κ1) is 17.2. The van der Waals surface area contributed by atoms with Gasteiger partial charge in [-0.25, -0.2) is 9.97 Å². The van der Waals surface area contributed by atoms with Gasteiger partial charge in [0.15, 0.2) is 0 Å². The Balaban J connectivity index is 1.50. The maximum Gasteiger partial charge on any atom is 0.254 e. The van der Waals surface area contributed by atoms with Gasteiger partial charge in [-0.05, 0) is 37.5 Å². The van der Waals surface area contributed by atoms with Crippen molar-refractivity contribution in [2.75, 3.05) is 4.90 Å². The molecule has 2 atom stereocenters. The predicted molar refractivity (Wildman–Crippen MR) is 106 cm³/mol. The third-order valence-corrected chi connectivity index (χ3v) is 4.97. The summed E-state index contributed by atoms with van der Waals surface area (Å²) in [4.78, 5) is 23.6. The molecule has 5 nitrogen and oxygen atoms in total. The quantitative estimate of drug-likeness (QED) is 0.764. The number of amides is 1. The Morgan fingerprint density at radius 2 is 1.74 bits per heavy atom. The molecule has 4 rings (SSSR count). The molecule has 2 unspecified atom stereocenters. The summed E-state index contributed by atoms with van der Waals surface area (Å²) in [5, 5.41) is 2.99. The molecule has 0 radical (unpaired) electrons. The molecule has 1 N–H and O–H groups in total. The Morgan fingerprint density at radius 1 is 1.07 bits per heavy atom. The molecule has 27 heavy (non-hydrogen) atoms. The van der Waals surface area contributed by atoms with E-state index in [1.807, 2.05) is 43.3 Å². The molecular formula is C22H22N4O. The van der Waals surface area contributed by atoms with E-state index in [4.69, 9.17) is 0 Å². The Kier molecular flexibility index (Phi) is 4.59. The van der Waals surface area contributed by atoms with Crippen LogP contribution in [0.1, 0.15) is 41.4 Å². The first-order chi connectivity index (χ1) is 13.1. The fraction of sp³-hybridized carbons (Fsp3) is 0.227. The number of carbonyl (C=O) groups is 1. The molecule has 0 spiro atoms. The first-order valence-corrected chi connectivity index (χ1v) is 9.18. The highest BCUT2D eigenvalue weighted by Gasteiger charge is 2.28. The first-order valence-electron chi connectivity index (χ1n) is 9.18. The molecule has 3 aromatic rings. The van der Waals surface area contributed by atoms with Crippen molar-refractivity contribution in [3.8, 4) is 0 Å². The molecule has 0 saturated heterocycles. The fourth-order valence-electron chi connectivity index (χ4n) is 3.54. The van der Waals surface area contributed by atoms with E-state index in [1.54, 1.807) is 12.4 Å². The minimum absolute atomic E-state index is 0.0798. The molecule has 5 heteroatoms. The van der Waals surface area contributed by atoms with Crippen LogP contribution in [0.4, 0.5) is 11.6 Å². The highest BCUT2D eigenvalue weighted by Crippen LogP contribution is 2.36. The minimum atomic E-state index is -0.173. The van der Waals surface area contributed by atoms with E-state index in [-0.39, 0.29) is 11.9 Å². The summed E-state index contributed by atoms with van der Waals surface area (Å²) in [5.74, 6) is 0.452. The molecule has 1 aliphatic rings. The number of fused-ring (bicyclic) bond motifs is 1. The maximum atomic E-state index is 12.5. The third kappa shape index (κ3) is 3.40. The lowest BCUT2D eigenvalue weighted by molar-refractivity contribution is 0.0939. The average molecular weight is 358 g/mol. The van der Waals surface area contributed by atoms with Crippen LogP contribution in [-0.4, -0.2) is 21.9 Å². The number of anilines is 2. The van der Waals surface area contributed by atoms with Crippen molar-refractivity contribution in [1.82, 2.24) is 15.3 Å². The number of para-hydroxylation sites is 1. The number of hydrogen-bond donors (Lipinski definition) is 1. The van der Waals surface area contributed by atoms with Crippen LogP contribution in [0.15, 0.2) is 67.0 Å². The Bertz CT molecular complexity index is 940. The summed E-state index contributed by atoms with van der Waals surface area (Å²) in [6.07, 6.45) is 4.17. The SMILES string of the molecule is CC(NC(=O)c1cnc(N2c3ccccc3CC2C)nc1)c1ccccc1. The molecule has 0 fully saturated rings. The van der Waals surface area contributed by atoms with E-state index in [1.165, 1.54) is 5.56 Å². The number of nitrogens with one attached hydrogen (secondary N) is 1. The molecule has 2 heterocycles. The lowest BCUT2D eigenvalue weighted by Gasteiger charge is -2.22. The second-order valence-electron chi connectivity index (χ2n) is 6.93. The van der Waals surface area contributed by atoms with Crippen LogP contribution in [0, 0.1) is 0 Å². The zero-order chi connectivity index (χ0) is 18.8. The van der Waals surface area contributed by atoms with Crippen molar-refractivity contribution >= 4 is 17.5 Å². The van der Waals surface area contributed by atoms with E-state index in [2.05, 4.69) is 45.3 Å². The molecule has 1 aromatic heterocycles. The lowest BCUT2D eigenvalue weighted by Crippen LogP contribution is -2.28. The monoisotopic (exact) mass is 358 g/mol. The van der Waals surface area contributed by atoms with Gasteiger partial charge < -0.3 is 10.2 Å². The number of nitrogens with zero attached hydrogens (tertiary/aromatic N) is 3. The maximum absolute atomic E-state index is 12.5. The van der Waals surface area contributed by atoms with E-state index in [9.17, 15) is 4.79 Å². The van der Waals surface area contributed by atoms with Crippen LogP contribution in [0.5, 0.6) is 0 Å². The smallest absolute Gasteiger partial charge is 0.254 e. The van der Waals surface area contributed by atoms with Gasteiger partial charge in [0.2, 0.25) is 5.95 Å². The number of aromatic nitrogens is 2. The van der Waals surface area contributed by atoms with Gasteiger partial charge in [0.05, 0.1) is 11.6 Å². The third-order valence-electron chi connectivity index (χ3n) is 4.97. The summed E-state index contributed by atoms with van der Waals surface area (Å²) in [5.41, 5.74) is 3.96. The summed E-state index contributed by atoms with van der Waals surface area (Å²) >= 11 is 0. The number of rotatable bonds is 4. The Hall–Kier alpha value is -3.21. The van der Waals surface area contributed by atoms with Crippen molar-refractivity contribution in [3.63, 3.8) is 0 Å². The van der Waals surface area contributed by atoms with Gasteiger partial charge in [-0.15, -0.1) is 0 Å². The molecule has 0 saturated carbocycles. The Morgan fingerprint density at radius 3 is 2.48 bits per heavy atom. The zero-order valence-electron chi connectivity index (χ0n) is 15.5. The minimum Gasteiger partial charge on any atom is -0.345 e. The van der Waals surface area contributed by atoms with Crippen LogP contribution in [0.2, 0.25) is 0 Å².